The molecule has 0 aliphatic heterocycles. The highest BCUT2D eigenvalue weighted by Crippen LogP contribution is 2.20. The second-order valence-electron chi connectivity index (χ2n) is 6.17. The van der Waals surface area contributed by atoms with Crippen molar-refractivity contribution in [2.45, 2.75) is 13.3 Å². The topological polar surface area (TPSA) is 111 Å². The highest BCUT2D eigenvalue weighted by atomic mass is 16.5. The monoisotopic (exact) mass is 398 g/mol. The number of carbonyl (C=O) groups excluding carboxylic acids is 4. The molecule has 0 atom stereocenters. The predicted molar refractivity (Wildman–Crippen MR) is 106 cm³/mol. The van der Waals surface area contributed by atoms with Gasteiger partial charge in [-0.2, -0.15) is 0 Å². The standard InChI is InChI=1S/C21H22N2O6/c1-13-5-4-6-14(11-13)19(25)22-10-9-18(24)23-17-12-15(20(26)28-2)7-8-16(17)21(27)29-3/h4-8,11-12H,9-10H2,1-3H3,(H,22,25)(H,23,24). The zero-order valence-electron chi connectivity index (χ0n) is 16.4. The smallest absolute Gasteiger partial charge is 0.339 e. The Morgan fingerprint density at radius 3 is 2.28 bits per heavy atom. The number of amides is 2. The molecule has 0 radical (unpaired) electrons. The van der Waals surface area contributed by atoms with E-state index in [2.05, 4.69) is 15.4 Å². The van der Waals surface area contributed by atoms with Crippen LogP contribution in [0.2, 0.25) is 0 Å². The molecular weight excluding hydrogens is 376 g/mol. The van der Waals surface area contributed by atoms with Crippen LogP contribution in [0.3, 0.4) is 0 Å². The summed E-state index contributed by atoms with van der Waals surface area (Å²) < 4.78 is 9.34. The van der Waals surface area contributed by atoms with Crippen molar-refractivity contribution in [3.05, 3.63) is 64.7 Å². The third-order valence-corrected chi connectivity index (χ3v) is 4.04. The molecule has 2 aromatic rings. The highest BCUT2D eigenvalue weighted by molar-refractivity contribution is 6.03. The van der Waals surface area contributed by atoms with Crippen LogP contribution in [0, 0.1) is 6.92 Å². The number of hydrogen-bond acceptors (Lipinski definition) is 6. The largest absolute Gasteiger partial charge is 0.465 e. The molecule has 8 heteroatoms. The van der Waals surface area contributed by atoms with Crippen molar-refractivity contribution in [1.82, 2.24) is 5.32 Å². The van der Waals surface area contributed by atoms with Gasteiger partial charge in [0.05, 0.1) is 31.0 Å². The second-order valence-corrected chi connectivity index (χ2v) is 6.17. The number of hydrogen-bond donors (Lipinski definition) is 2. The van der Waals surface area contributed by atoms with E-state index in [4.69, 9.17) is 4.74 Å². The fourth-order valence-electron chi connectivity index (χ4n) is 2.57. The minimum atomic E-state index is -0.663. The van der Waals surface area contributed by atoms with Gasteiger partial charge in [-0.15, -0.1) is 0 Å². The third kappa shape index (κ3) is 5.90. The molecule has 29 heavy (non-hydrogen) atoms. The van der Waals surface area contributed by atoms with Crippen LogP contribution in [0.25, 0.3) is 0 Å². The van der Waals surface area contributed by atoms with Crippen LogP contribution >= 0.6 is 0 Å². The molecule has 0 spiro atoms. The molecule has 0 unspecified atom stereocenters. The maximum atomic E-state index is 12.3. The van der Waals surface area contributed by atoms with Gasteiger partial charge in [0, 0.05) is 18.5 Å². The van der Waals surface area contributed by atoms with Gasteiger partial charge in [-0.05, 0) is 37.3 Å². The Kier molecular flexibility index (Phi) is 7.47. The van der Waals surface area contributed by atoms with Gasteiger partial charge in [-0.1, -0.05) is 17.7 Å². The van der Waals surface area contributed by atoms with Crippen LogP contribution in [0.1, 0.15) is 43.1 Å². The number of anilines is 1. The summed E-state index contributed by atoms with van der Waals surface area (Å²) in [7, 11) is 2.44. The number of aryl methyl sites for hydroxylation is 1. The van der Waals surface area contributed by atoms with Gasteiger partial charge >= 0.3 is 11.9 Å². The summed E-state index contributed by atoms with van der Waals surface area (Å²) in [5, 5.41) is 5.23. The Morgan fingerprint density at radius 1 is 0.897 bits per heavy atom. The van der Waals surface area contributed by atoms with Crippen LogP contribution in [0.4, 0.5) is 5.69 Å². The molecule has 0 bridgehead atoms. The van der Waals surface area contributed by atoms with Crippen molar-refractivity contribution < 1.29 is 28.7 Å². The van der Waals surface area contributed by atoms with Gasteiger partial charge in [-0.25, -0.2) is 9.59 Å². The highest BCUT2D eigenvalue weighted by Gasteiger charge is 2.17. The van der Waals surface area contributed by atoms with Gasteiger partial charge in [0.25, 0.3) is 5.91 Å². The van der Waals surface area contributed by atoms with Crippen molar-refractivity contribution in [1.29, 1.82) is 0 Å². The summed E-state index contributed by atoms with van der Waals surface area (Å²) in [6, 6.07) is 11.2. The van der Waals surface area contributed by atoms with E-state index in [9.17, 15) is 19.2 Å². The lowest BCUT2D eigenvalue weighted by molar-refractivity contribution is -0.116. The molecule has 0 aliphatic rings. The van der Waals surface area contributed by atoms with Gasteiger partial charge in [0.2, 0.25) is 5.91 Å². The van der Waals surface area contributed by atoms with Gasteiger partial charge in [0.1, 0.15) is 0 Å². The molecule has 2 amide bonds. The molecule has 0 aliphatic carbocycles. The maximum absolute atomic E-state index is 12.3. The predicted octanol–water partition coefficient (Wildman–Crippen LogP) is 2.33. The fraction of sp³-hybridized carbons (Fsp3) is 0.238. The summed E-state index contributed by atoms with van der Waals surface area (Å²) >= 11 is 0. The van der Waals surface area contributed by atoms with Crippen LogP contribution < -0.4 is 10.6 Å². The van der Waals surface area contributed by atoms with Crippen LogP contribution in [0.15, 0.2) is 42.5 Å². The molecule has 0 saturated carbocycles. The average molecular weight is 398 g/mol. The van der Waals surface area contributed by atoms with Gasteiger partial charge < -0.3 is 20.1 Å². The molecule has 0 saturated heterocycles. The van der Waals surface area contributed by atoms with Gasteiger partial charge in [-0.3, -0.25) is 9.59 Å². The summed E-state index contributed by atoms with van der Waals surface area (Å²) in [6.07, 6.45) is -0.0272. The van der Waals surface area contributed by atoms with Crippen molar-refractivity contribution in [2.24, 2.45) is 0 Å². The van der Waals surface area contributed by atoms with Crippen LogP contribution in [-0.2, 0) is 14.3 Å². The number of ether oxygens (including phenoxy) is 2. The first kappa shape index (κ1) is 21.6. The number of esters is 2. The number of carbonyl (C=O) groups is 4. The van der Waals surface area contributed by atoms with E-state index < -0.39 is 17.8 Å². The van der Waals surface area contributed by atoms with E-state index in [0.29, 0.717) is 5.56 Å². The lowest BCUT2D eigenvalue weighted by atomic mass is 10.1. The SMILES string of the molecule is COC(=O)c1ccc(C(=O)OC)c(NC(=O)CCNC(=O)c2cccc(C)c2)c1. The summed E-state index contributed by atoms with van der Waals surface area (Å²) in [5.74, 6) is -2.00. The Morgan fingerprint density at radius 2 is 1.62 bits per heavy atom. The van der Waals surface area contributed by atoms with Crippen LogP contribution in [-0.4, -0.2) is 44.5 Å². The number of methoxy groups -OCH3 is 2. The molecule has 2 rings (SSSR count). The Labute approximate surface area is 168 Å². The summed E-state index contributed by atoms with van der Waals surface area (Å²) in [4.78, 5) is 48.0. The Hall–Kier alpha value is -3.68. The van der Waals surface area contributed by atoms with E-state index in [0.717, 1.165) is 5.56 Å². The van der Waals surface area contributed by atoms with E-state index in [-0.39, 0.29) is 35.7 Å². The third-order valence-electron chi connectivity index (χ3n) is 4.04. The van der Waals surface area contributed by atoms with Gasteiger partial charge in [0.15, 0.2) is 0 Å². The van der Waals surface area contributed by atoms with Crippen molar-refractivity contribution in [3.63, 3.8) is 0 Å². The number of nitrogens with one attached hydrogen (secondary N) is 2. The lowest BCUT2D eigenvalue weighted by Crippen LogP contribution is -2.28. The number of benzene rings is 2. The molecule has 152 valence electrons. The average Bonchev–Trinajstić information content (AvgIpc) is 2.72. The van der Waals surface area contributed by atoms with E-state index >= 15 is 0 Å². The number of rotatable bonds is 7. The molecule has 8 nitrogen and oxygen atoms in total. The van der Waals surface area contributed by atoms with E-state index in [1.807, 2.05) is 13.0 Å². The minimum absolute atomic E-state index is 0.0272. The summed E-state index contributed by atoms with van der Waals surface area (Å²) in [5.41, 5.74) is 1.84. The molecule has 0 heterocycles. The lowest BCUT2D eigenvalue weighted by Gasteiger charge is -2.12. The zero-order chi connectivity index (χ0) is 21.4. The molecule has 2 aromatic carbocycles. The zero-order valence-corrected chi connectivity index (χ0v) is 16.4. The van der Waals surface area contributed by atoms with Crippen molar-refractivity contribution >= 4 is 29.4 Å². The maximum Gasteiger partial charge on any atom is 0.339 e. The first-order valence-corrected chi connectivity index (χ1v) is 8.81. The van der Waals surface area contributed by atoms with E-state index in [1.54, 1.807) is 18.2 Å². The molecule has 0 fully saturated rings. The minimum Gasteiger partial charge on any atom is -0.465 e. The first-order valence-electron chi connectivity index (χ1n) is 8.81. The normalized spacial score (nSPS) is 10.0. The first-order chi connectivity index (χ1) is 13.8. The fourth-order valence-corrected chi connectivity index (χ4v) is 2.57. The molecular formula is C21H22N2O6. The quantitative estimate of drug-likeness (QED) is 0.693. The Balaban J connectivity index is 2.02. The molecule has 0 aromatic heterocycles. The Bertz CT molecular complexity index is 939. The second kappa shape index (κ2) is 10.0. The van der Waals surface area contributed by atoms with Crippen molar-refractivity contribution in [3.8, 4) is 0 Å². The van der Waals surface area contributed by atoms with Crippen molar-refractivity contribution in [2.75, 3.05) is 26.1 Å². The van der Waals surface area contributed by atoms with E-state index in [1.165, 1.54) is 32.4 Å². The van der Waals surface area contributed by atoms with Crippen LogP contribution in [0.5, 0.6) is 0 Å². The molecule has 2 N–H and O–H groups in total. The summed E-state index contributed by atoms with van der Waals surface area (Å²) in [6.45, 7) is 1.98.